The number of benzene rings is 1. The standard InChI is InChI=1S/C19H26N2O4/c1-3-20(4-2)19(23)15-8-6-12-21(15)17(22)11-10-14-7-5-9-16-18(14)25-13-24-16/h5,7,9,15H,3-4,6,8,10-13H2,1-2H3. The summed E-state index contributed by atoms with van der Waals surface area (Å²) in [5, 5.41) is 0. The lowest BCUT2D eigenvalue weighted by atomic mass is 10.1. The number of fused-ring (bicyclic) bond motifs is 1. The van der Waals surface area contributed by atoms with Crippen LogP contribution in [0.15, 0.2) is 18.2 Å². The number of likely N-dealkylation sites (tertiary alicyclic amines) is 1. The van der Waals surface area contributed by atoms with Crippen LogP contribution >= 0.6 is 0 Å². The molecule has 2 aliphatic heterocycles. The molecule has 1 atom stereocenters. The van der Waals surface area contributed by atoms with Gasteiger partial charge in [-0.15, -0.1) is 0 Å². The number of likely N-dealkylation sites (N-methyl/N-ethyl adjacent to an activating group) is 1. The van der Waals surface area contributed by atoms with E-state index in [1.54, 1.807) is 4.90 Å². The minimum absolute atomic E-state index is 0.0412. The number of hydrogen-bond acceptors (Lipinski definition) is 4. The van der Waals surface area contributed by atoms with E-state index in [1.807, 2.05) is 36.9 Å². The van der Waals surface area contributed by atoms with Crippen molar-refractivity contribution in [2.75, 3.05) is 26.4 Å². The summed E-state index contributed by atoms with van der Waals surface area (Å²) in [4.78, 5) is 28.9. The number of aryl methyl sites for hydroxylation is 1. The van der Waals surface area contributed by atoms with Crippen molar-refractivity contribution in [1.82, 2.24) is 9.80 Å². The molecule has 6 heteroatoms. The van der Waals surface area contributed by atoms with Gasteiger partial charge >= 0.3 is 0 Å². The van der Waals surface area contributed by atoms with Gasteiger partial charge in [0, 0.05) is 26.1 Å². The summed E-state index contributed by atoms with van der Waals surface area (Å²) in [5.41, 5.74) is 0.981. The molecule has 1 unspecified atom stereocenters. The van der Waals surface area contributed by atoms with E-state index in [0.717, 1.165) is 29.9 Å². The lowest BCUT2D eigenvalue weighted by Crippen LogP contribution is -2.47. The zero-order valence-electron chi connectivity index (χ0n) is 15.0. The van der Waals surface area contributed by atoms with E-state index < -0.39 is 0 Å². The molecule has 0 aromatic heterocycles. The Morgan fingerprint density at radius 2 is 2.04 bits per heavy atom. The molecule has 2 heterocycles. The molecular formula is C19H26N2O4. The Balaban J connectivity index is 1.63. The highest BCUT2D eigenvalue weighted by Gasteiger charge is 2.35. The van der Waals surface area contributed by atoms with E-state index in [2.05, 4.69) is 0 Å². The van der Waals surface area contributed by atoms with Crippen LogP contribution in [0.1, 0.15) is 38.7 Å². The fraction of sp³-hybridized carbons (Fsp3) is 0.579. The quantitative estimate of drug-likeness (QED) is 0.792. The van der Waals surface area contributed by atoms with Gasteiger partial charge in [-0.3, -0.25) is 9.59 Å². The molecule has 0 N–H and O–H groups in total. The predicted molar refractivity (Wildman–Crippen MR) is 93.5 cm³/mol. The maximum atomic E-state index is 12.7. The number of hydrogen-bond donors (Lipinski definition) is 0. The Labute approximate surface area is 148 Å². The van der Waals surface area contributed by atoms with Crippen LogP contribution in [-0.2, 0) is 16.0 Å². The summed E-state index contributed by atoms with van der Waals surface area (Å²) in [5.74, 6) is 1.60. The minimum atomic E-state index is -0.298. The molecule has 0 aliphatic carbocycles. The van der Waals surface area contributed by atoms with Crippen molar-refractivity contribution in [3.8, 4) is 11.5 Å². The van der Waals surface area contributed by atoms with E-state index in [9.17, 15) is 9.59 Å². The average molecular weight is 346 g/mol. The third-order valence-electron chi connectivity index (χ3n) is 5.02. The number of nitrogens with zero attached hydrogens (tertiary/aromatic N) is 2. The second-order valence-electron chi connectivity index (χ2n) is 6.41. The van der Waals surface area contributed by atoms with Crippen molar-refractivity contribution in [1.29, 1.82) is 0 Å². The number of amides is 2. The molecule has 2 aliphatic rings. The normalized spacial score (nSPS) is 18.5. The van der Waals surface area contributed by atoms with Crippen LogP contribution in [0, 0.1) is 0 Å². The van der Waals surface area contributed by atoms with Crippen LogP contribution in [-0.4, -0.2) is 54.1 Å². The monoisotopic (exact) mass is 346 g/mol. The van der Waals surface area contributed by atoms with Crippen molar-refractivity contribution < 1.29 is 19.1 Å². The maximum Gasteiger partial charge on any atom is 0.245 e. The summed E-state index contributed by atoms with van der Waals surface area (Å²) in [6.07, 6.45) is 2.62. The molecule has 25 heavy (non-hydrogen) atoms. The van der Waals surface area contributed by atoms with Crippen LogP contribution in [0.4, 0.5) is 0 Å². The van der Waals surface area contributed by atoms with Crippen LogP contribution in [0.3, 0.4) is 0 Å². The summed E-state index contributed by atoms with van der Waals surface area (Å²) in [6.45, 7) is 6.21. The molecule has 1 aromatic rings. The van der Waals surface area contributed by atoms with Gasteiger partial charge in [0.15, 0.2) is 11.5 Å². The lowest BCUT2D eigenvalue weighted by Gasteiger charge is -2.29. The minimum Gasteiger partial charge on any atom is -0.454 e. The smallest absolute Gasteiger partial charge is 0.245 e. The molecule has 0 saturated carbocycles. The summed E-state index contributed by atoms with van der Waals surface area (Å²) in [6, 6.07) is 5.44. The van der Waals surface area contributed by atoms with Gasteiger partial charge in [-0.1, -0.05) is 12.1 Å². The third kappa shape index (κ3) is 3.57. The Hall–Kier alpha value is -2.24. The van der Waals surface area contributed by atoms with Crippen molar-refractivity contribution in [2.24, 2.45) is 0 Å². The van der Waals surface area contributed by atoms with Crippen LogP contribution in [0.2, 0.25) is 0 Å². The van der Waals surface area contributed by atoms with Gasteiger partial charge < -0.3 is 19.3 Å². The van der Waals surface area contributed by atoms with Gasteiger partial charge in [0.05, 0.1) is 0 Å². The first-order valence-electron chi connectivity index (χ1n) is 9.11. The van der Waals surface area contributed by atoms with Crippen LogP contribution < -0.4 is 9.47 Å². The highest BCUT2D eigenvalue weighted by molar-refractivity contribution is 5.88. The largest absolute Gasteiger partial charge is 0.454 e. The number of rotatable bonds is 6. The number of ether oxygens (including phenoxy) is 2. The van der Waals surface area contributed by atoms with E-state index in [0.29, 0.717) is 32.5 Å². The highest BCUT2D eigenvalue weighted by Crippen LogP contribution is 2.36. The molecule has 0 bridgehead atoms. The van der Waals surface area contributed by atoms with Crippen molar-refractivity contribution in [3.63, 3.8) is 0 Å². The first-order valence-corrected chi connectivity index (χ1v) is 9.11. The van der Waals surface area contributed by atoms with Gasteiger partial charge in [-0.05, 0) is 44.7 Å². The molecule has 6 nitrogen and oxygen atoms in total. The van der Waals surface area contributed by atoms with Gasteiger partial charge in [0.25, 0.3) is 0 Å². The van der Waals surface area contributed by atoms with Gasteiger partial charge in [-0.25, -0.2) is 0 Å². The molecule has 1 fully saturated rings. The van der Waals surface area contributed by atoms with Crippen molar-refractivity contribution >= 4 is 11.8 Å². The van der Waals surface area contributed by atoms with E-state index >= 15 is 0 Å². The fourth-order valence-corrected chi connectivity index (χ4v) is 3.64. The molecule has 1 saturated heterocycles. The topological polar surface area (TPSA) is 59.1 Å². The van der Waals surface area contributed by atoms with E-state index in [1.165, 1.54) is 0 Å². The van der Waals surface area contributed by atoms with Gasteiger partial charge in [0.2, 0.25) is 18.6 Å². The maximum absolute atomic E-state index is 12.7. The molecule has 2 amide bonds. The Morgan fingerprint density at radius 3 is 2.80 bits per heavy atom. The zero-order valence-corrected chi connectivity index (χ0v) is 15.0. The number of carbonyl (C=O) groups is 2. The number of carbonyl (C=O) groups excluding carboxylic acids is 2. The number of para-hydroxylation sites is 1. The van der Waals surface area contributed by atoms with Crippen molar-refractivity contribution in [3.05, 3.63) is 23.8 Å². The van der Waals surface area contributed by atoms with Gasteiger partial charge in [0.1, 0.15) is 6.04 Å². The Morgan fingerprint density at radius 1 is 1.24 bits per heavy atom. The summed E-state index contributed by atoms with van der Waals surface area (Å²) in [7, 11) is 0. The summed E-state index contributed by atoms with van der Waals surface area (Å²) < 4.78 is 10.9. The fourth-order valence-electron chi connectivity index (χ4n) is 3.64. The first-order chi connectivity index (χ1) is 12.2. The highest BCUT2D eigenvalue weighted by atomic mass is 16.7. The first kappa shape index (κ1) is 17.6. The Kier molecular flexibility index (Phi) is 5.46. The van der Waals surface area contributed by atoms with Crippen LogP contribution in [0.5, 0.6) is 11.5 Å². The predicted octanol–water partition coefficient (Wildman–Crippen LogP) is 2.21. The molecule has 0 radical (unpaired) electrons. The van der Waals surface area contributed by atoms with E-state index in [-0.39, 0.29) is 24.6 Å². The summed E-state index contributed by atoms with van der Waals surface area (Å²) >= 11 is 0. The average Bonchev–Trinajstić information content (AvgIpc) is 3.29. The molecule has 1 aromatic carbocycles. The second-order valence-corrected chi connectivity index (χ2v) is 6.41. The third-order valence-corrected chi connectivity index (χ3v) is 5.02. The zero-order chi connectivity index (χ0) is 17.8. The molecule has 136 valence electrons. The Bertz CT molecular complexity index is 642. The molecular weight excluding hydrogens is 320 g/mol. The van der Waals surface area contributed by atoms with Crippen LogP contribution in [0.25, 0.3) is 0 Å². The second kappa shape index (κ2) is 7.76. The molecule has 0 spiro atoms. The van der Waals surface area contributed by atoms with Gasteiger partial charge in [-0.2, -0.15) is 0 Å². The SMILES string of the molecule is CCN(CC)C(=O)C1CCCN1C(=O)CCc1cccc2c1OCO2. The van der Waals surface area contributed by atoms with E-state index in [4.69, 9.17) is 9.47 Å². The van der Waals surface area contributed by atoms with Crippen molar-refractivity contribution in [2.45, 2.75) is 45.6 Å². The molecule has 3 rings (SSSR count). The lowest BCUT2D eigenvalue weighted by molar-refractivity contribution is -0.143.